The smallest absolute Gasteiger partial charge is 0.139 e. The molecule has 2 heterocycles. The van der Waals surface area contributed by atoms with Gasteiger partial charge < -0.3 is 9.84 Å². The number of fused-ring (bicyclic) bond motifs is 1. The summed E-state index contributed by atoms with van der Waals surface area (Å²) in [5.41, 5.74) is 0.689. The minimum absolute atomic E-state index is 0.259. The monoisotopic (exact) mass is 614 g/mol. The van der Waals surface area contributed by atoms with Gasteiger partial charge in [-0.1, -0.05) is 67.7 Å². The number of nitrogens with zero attached hydrogens (tertiary/aromatic N) is 4. The summed E-state index contributed by atoms with van der Waals surface area (Å²) in [7, 11) is 0. The van der Waals surface area contributed by atoms with Crippen LogP contribution in [0.25, 0.3) is 10.9 Å². The molecule has 1 atom stereocenters. The molecule has 10 heteroatoms. The highest BCUT2D eigenvalue weighted by molar-refractivity contribution is 6.39. The van der Waals surface area contributed by atoms with E-state index in [4.69, 9.17) is 39.5 Å². The van der Waals surface area contributed by atoms with Crippen LogP contribution in [0, 0.1) is 11.2 Å². The van der Waals surface area contributed by atoms with Crippen LogP contribution in [-0.2, 0) is 13.0 Å². The van der Waals surface area contributed by atoms with E-state index in [-0.39, 0.29) is 11.2 Å². The lowest BCUT2D eigenvalue weighted by atomic mass is 9.73. The Balaban J connectivity index is 0.000000189. The van der Waals surface area contributed by atoms with Gasteiger partial charge in [0.15, 0.2) is 0 Å². The molecule has 5 aromatic rings. The molecule has 2 aromatic heterocycles. The average molecular weight is 616 g/mol. The molecule has 0 amide bonds. The van der Waals surface area contributed by atoms with E-state index >= 15 is 0 Å². The Kier molecular flexibility index (Phi) is 9.87. The molecule has 0 bridgehead atoms. The molecular weight excluding hydrogens is 586 g/mol. The van der Waals surface area contributed by atoms with Gasteiger partial charge in [-0.2, -0.15) is 5.10 Å². The van der Waals surface area contributed by atoms with E-state index in [2.05, 4.69) is 15.1 Å². The summed E-state index contributed by atoms with van der Waals surface area (Å²) in [4.78, 5) is 8.15. The van der Waals surface area contributed by atoms with Crippen molar-refractivity contribution in [2.24, 2.45) is 5.41 Å². The number of halogens is 4. The number of aryl methyl sites for hydroxylation is 1. The maximum atomic E-state index is 12.9. The first-order valence-corrected chi connectivity index (χ1v) is 14.0. The fourth-order valence-electron chi connectivity index (χ4n) is 4.16. The van der Waals surface area contributed by atoms with Crippen LogP contribution in [0.15, 0.2) is 85.6 Å². The summed E-state index contributed by atoms with van der Waals surface area (Å²) in [5.74, 6) is 0.745. The van der Waals surface area contributed by atoms with Crippen molar-refractivity contribution in [1.29, 1.82) is 0 Å². The molecule has 1 unspecified atom stereocenters. The van der Waals surface area contributed by atoms with E-state index in [9.17, 15) is 9.50 Å². The van der Waals surface area contributed by atoms with Crippen LogP contribution in [0.3, 0.4) is 0 Å². The SMILES string of the molecule is CC(C)(C)C(O)(CCc1ccc(Cl)cc1)Cn1cncn1.Fc1ccc(Oc2ccnc3cc(Cl)cc(Cl)c23)cc1. The molecule has 1 N–H and O–H groups in total. The Labute approximate surface area is 253 Å². The summed E-state index contributed by atoms with van der Waals surface area (Å²) in [6, 6.07) is 18.6. The fourth-order valence-corrected chi connectivity index (χ4v) is 4.87. The van der Waals surface area contributed by atoms with Gasteiger partial charge in [0.05, 0.1) is 28.1 Å². The molecule has 0 aliphatic rings. The standard InChI is InChI=1S/C16H22ClN3O.C15H8Cl2FNO/c1-15(2,3)16(21,10-20-12-18-11-19-20)9-8-13-4-6-14(17)7-5-13;16-9-7-12(17)15-13(8-9)19-6-5-14(15)20-11-3-1-10(18)2-4-11/h4-7,11-12,21H,8-10H2,1-3H3;1-8H. The third kappa shape index (κ3) is 8.17. The number of aromatic nitrogens is 4. The van der Waals surface area contributed by atoms with Crippen LogP contribution in [0.4, 0.5) is 4.39 Å². The first-order valence-electron chi connectivity index (χ1n) is 12.9. The highest BCUT2D eigenvalue weighted by Gasteiger charge is 2.40. The van der Waals surface area contributed by atoms with Crippen molar-refractivity contribution in [2.75, 3.05) is 0 Å². The van der Waals surface area contributed by atoms with Crippen molar-refractivity contribution < 1.29 is 14.2 Å². The Morgan fingerprint density at radius 2 is 1.63 bits per heavy atom. The topological polar surface area (TPSA) is 73.1 Å². The lowest BCUT2D eigenvalue weighted by molar-refractivity contribution is -0.0796. The number of hydrogen-bond donors (Lipinski definition) is 1. The van der Waals surface area contributed by atoms with Crippen LogP contribution >= 0.6 is 34.8 Å². The fraction of sp³-hybridized carbons (Fsp3) is 0.258. The predicted octanol–water partition coefficient (Wildman–Crippen LogP) is 8.81. The summed E-state index contributed by atoms with van der Waals surface area (Å²) in [6.45, 7) is 6.58. The van der Waals surface area contributed by atoms with Gasteiger partial charge in [0.25, 0.3) is 0 Å². The minimum atomic E-state index is -0.861. The van der Waals surface area contributed by atoms with E-state index in [1.165, 1.54) is 24.0 Å². The summed E-state index contributed by atoms with van der Waals surface area (Å²) in [5, 5.41) is 17.6. The third-order valence-corrected chi connectivity index (χ3v) is 7.56. The number of pyridine rings is 1. The zero-order valence-electron chi connectivity index (χ0n) is 22.9. The molecule has 5 rings (SSSR count). The van der Waals surface area contributed by atoms with Crippen LogP contribution < -0.4 is 4.74 Å². The first kappa shape index (κ1) is 30.7. The Hall–Kier alpha value is -3.23. The summed E-state index contributed by atoms with van der Waals surface area (Å²) < 4.78 is 20.3. The molecule has 0 spiro atoms. The summed E-state index contributed by atoms with van der Waals surface area (Å²) in [6.07, 6.45) is 6.17. The molecule has 0 radical (unpaired) electrons. The van der Waals surface area contributed by atoms with Gasteiger partial charge in [-0.3, -0.25) is 9.67 Å². The van der Waals surface area contributed by atoms with Crippen molar-refractivity contribution in [3.8, 4) is 11.5 Å². The third-order valence-electron chi connectivity index (χ3n) is 6.79. The molecule has 0 fully saturated rings. The molecule has 3 aromatic carbocycles. The molecule has 6 nitrogen and oxygen atoms in total. The molecule has 0 aliphatic carbocycles. The van der Waals surface area contributed by atoms with Gasteiger partial charge in [0.2, 0.25) is 0 Å². The quantitative estimate of drug-likeness (QED) is 0.198. The summed E-state index contributed by atoms with van der Waals surface area (Å²) >= 11 is 18.0. The van der Waals surface area contributed by atoms with E-state index in [0.29, 0.717) is 45.4 Å². The molecular formula is C31H30Cl3FN4O2. The lowest BCUT2D eigenvalue weighted by Crippen LogP contribution is -2.47. The molecule has 41 heavy (non-hydrogen) atoms. The second-order valence-electron chi connectivity index (χ2n) is 10.6. The number of benzene rings is 3. The van der Waals surface area contributed by atoms with Crippen molar-refractivity contribution in [2.45, 2.75) is 45.8 Å². The van der Waals surface area contributed by atoms with E-state index in [0.717, 1.165) is 11.4 Å². The number of ether oxygens (including phenoxy) is 1. The van der Waals surface area contributed by atoms with Gasteiger partial charge in [-0.05, 0) is 78.4 Å². The van der Waals surface area contributed by atoms with Gasteiger partial charge >= 0.3 is 0 Å². The normalized spacial score (nSPS) is 12.9. The zero-order valence-corrected chi connectivity index (χ0v) is 25.1. The molecule has 0 aliphatic heterocycles. The van der Waals surface area contributed by atoms with Crippen molar-refractivity contribution in [1.82, 2.24) is 19.7 Å². The van der Waals surface area contributed by atoms with Crippen LogP contribution in [0.5, 0.6) is 11.5 Å². The minimum Gasteiger partial charge on any atom is -0.457 e. The van der Waals surface area contributed by atoms with Crippen LogP contribution in [-0.4, -0.2) is 30.5 Å². The number of aliphatic hydroxyl groups is 1. The number of hydrogen-bond acceptors (Lipinski definition) is 5. The average Bonchev–Trinajstić information content (AvgIpc) is 3.42. The van der Waals surface area contributed by atoms with Gasteiger partial charge in [-0.25, -0.2) is 9.37 Å². The highest BCUT2D eigenvalue weighted by Crippen LogP contribution is 2.37. The highest BCUT2D eigenvalue weighted by atomic mass is 35.5. The van der Waals surface area contributed by atoms with Gasteiger partial charge in [0.1, 0.15) is 30.0 Å². The van der Waals surface area contributed by atoms with Gasteiger partial charge in [-0.15, -0.1) is 0 Å². The van der Waals surface area contributed by atoms with Crippen LogP contribution in [0.2, 0.25) is 15.1 Å². The Bertz CT molecular complexity index is 1570. The van der Waals surface area contributed by atoms with Crippen molar-refractivity contribution >= 4 is 45.7 Å². The Morgan fingerprint density at radius 1 is 0.927 bits per heavy atom. The van der Waals surface area contributed by atoms with Crippen molar-refractivity contribution in [3.63, 3.8) is 0 Å². The number of rotatable bonds is 7. The van der Waals surface area contributed by atoms with Crippen LogP contribution in [0.1, 0.15) is 32.8 Å². The van der Waals surface area contributed by atoms with E-state index in [1.807, 2.05) is 45.0 Å². The molecule has 214 valence electrons. The molecule has 0 saturated heterocycles. The predicted molar refractivity (Wildman–Crippen MR) is 162 cm³/mol. The van der Waals surface area contributed by atoms with Crippen molar-refractivity contribution in [3.05, 3.63) is 112 Å². The zero-order chi connectivity index (χ0) is 29.6. The van der Waals surface area contributed by atoms with E-state index in [1.54, 1.807) is 47.5 Å². The first-order chi connectivity index (χ1) is 19.4. The maximum Gasteiger partial charge on any atom is 0.139 e. The van der Waals surface area contributed by atoms with E-state index < -0.39 is 5.60 Å². The largest absolute Gasteiger partial charge is 0.457 e. The van der Waals surface area contributed by atoms with Gasteiger partial charge in [0, 0.05) is 16.2 Å². The second kappa shape index (κ2) is 13.2. The second-order valence-corrected chi connectivity index (χ2v) is 11.9. The Morgan fingerprint density at radius 3 is 2.27 bits per heavy atom. The lowest BCUT2D eigenvalue weighted by Gasteiger charge is -2.40. The maximum absolute atomic E-state index is 12.9. The molecule has 0 saturated carbocycles.